The molecule has 0 aromatic heterocycles. The molecular formula is C52H94NO7+. The lowest BCUT2D eigenvalue weighted by molar-refractivity contribution is -0.887. The summed E-state index contributed by atoms with van der Waals surface area (Å²) in [6, 6.07) is -0.621. The van der Waals surface area contributed by atoms with Crippen LogP contribution in [0.4, 0.5) is 0 Å². The SMILES string of the molecule is CCCCCC/C=C/C=C/CCCCCCCCCCCCC(=O)OCC(COCCC(C(=O)O)[N+](C)(C)C)OC(=O)CCCCC/C=C/C=C/CCCCCCCCC. The lowest BCUT2D eigenvalue weighted by Crippen LogP contribution is -2.50. The summed E-state index contributed by atoms with van der Waals surface area (Å²) in [7, 11) is 5.52. The molecule has 8 nitrogen and oxygen atoms in total. The van der Waals surface area contributed by atoms with Crippen molar-refractivity contribution >= 4 is 17.9 Å². The minimum Gasteiger partial charge on any atom is -0.477 e. The van der Waals surface area contributed by atoms with Crippen LogP contribution < -0.4 is 0 Å². The highest BCUT2D eigenvalue weighted by Gasteiger charge is 2.31. The number of carbonyl (C=O) groups excluding carboxylic acids is 2. The zero-order valence-electron chi connectivity index (χ0n) is 39.7. The number of hydrogen-bond acceptors (Lipinski definition) is 6. The van der Waals surface area contributed by atoms with Crippen molar-refractivity contribution in [2.24, 2.45) is 0 Å². The number of esters is 2. The molecule has 0 rings (SSSR count). The first-order valence-electron chi connectivity index (χ1n) is 24.7. The molecule has 0 spiro atoms. The summed E-state index contributed by atoms with van der Waals surface area (Å²) < 4.78 is 17.3. The van der Waals surface area contributed by atoms with Crippen molar-refractivity contribution in [2.45, 2.75) is 225 Å². The van der Waals surface area contributed by atoms with Gasteiger partial charge in [-0.2, -0.15) is 0 Å². The maximum atomic E-state index is 12.7. The standard InChI is InChI=1S/C52H93NO7/c1-6-8-10-12-14-16-18-20-22-24-25-26-27-29-30-32-34-36-38-40-42-50(54)59-47-48(46-58-45-44-49(52(56)57)53(3,4)5)60-51(55)43-41-39-37-35-33-31-28-23-21-19-17-15-13-11-9-7-2/h16,18,20,22-23,28,31,33,48-49H,6-15,17,19,21,24-27,29-30,32,34-47H2,1-5H3/p+1/b18-16+,22-20+,28-23+,33-31+. The molecule has 0 amide bonds. The zero-order chi connectivity index (χ0) is 44.2. The number of rotatable bonds is 44. The van der Waals surface area contributed by atoms with E-state index < -0.39 is 18.1 Å². The van der Waals surface area contributed by atoms with E-state index in [4.69, 9.17) is 14.2 Å². The fourth-order valence-electron chi connectivity index (χ4n) is 7.13. The van der Waals surface area contributed by atoms with Gasteiger partial charge in [-0.3, -0.25) is 9.59 Å². The van der Waals surface area contributed by atoms with Gasteiger partial charge in [0.05, 0.1) is 34.4 Å². The highest BCUT2D eigenvalue weighted by molar-refractivity contribution is 5.72. The lowest BCUT2D eigenvalue weighted by atomic mass is 10.1. The van der Waals surface area contributed by atoms with Crippen molar-refractivity contribution in [3.05, 3.63) is 48.6 Å². The van der Waals surface area contributed by atoms with Crippen LogP contribution in [0.5, 0.6) is 0 Å². The first kappa shape index (κ1) is 57.3. The number of allylic oxidation sites excluding steroid dienone is 8. The van der Waals surface area contributed by atoms with Gasteiger partial charge >= 0.3 is 17.9 Å². The normalized spacial score (nSPS) is 13.3. The first-order chi connectivity index (χ1) is 29.1. The van der Waals surface area contributed by atoms with Crippen molar-refractivity contribution in [1.82, 2.24) is 0 Å². The Morgan fingerprint density at radius 1 is 0.500 bits per heavy atom. The third-order valence-corrected chi connectivity index (χ3v) is 11.0. The molecule has 0 saturated carbocycles. The van der Waals surface area contributed by atoms with Gasteiger partial charge in [-0.15, -0.1) is 0 Å². The largest absolute Gasteiger partial charge is 0.477 e. The Hall–Kier alpha value is -2.71. The fourth-order valence-corrected chi connectivity index (χ4v) is 7.13. The Morgan fingerprint density at radius 3 is 1.28 bits per heavy atom. The van der Waals surface area contributed by atoms with E-state index in [2.05, 4.69) is 62.5 Å². The highest BCUT2D eigenvalue weighted by Crippen LogP contribution is 2.14. The van der Waals surface area contributed by atoms with E-state index in [9.17, 15) is 19.5 Å². The number of aliphatic carboxylic acids is 1. The van der Waals surface area contributed by atoms with Gasteiger partial charge in [0.2, 0.25) is 0 Å². The van der Waals surface area contributed by atoms with Gasteiger partial charge < -0.3 is 23.8 Å². The molecule has 0 fully saturated rings. The van der Waals surface area contributed by atoms with Gasteiger partial charge in [0.25, 0.3) is 0 Å². The number of carboxylic acid groups (broad SMARTS) is 1. The van der Waals surface area contributed by atoms with Crippen molar-refractivity contribution in [1.29, 1.82) is 0 Å². The molecule has 0 saturated heterocycles. The Kier molecular flexibility index (Phi) is 41.0. The van der Waals surface area contributed by atoms with Crippen molar-refractivity contribution in [3.63, 3.8) is 0 Å². The number of quaternary nitrogens is 1. The maximum Gasteiger partial charge on any atom is 0.362 e. The molecule has 1 N–H and O–H groups in total. The number of nitrogens with zero attached hydrogens (tertiary/aromatic N) is 1. The van der Waals surface area contributed by atoms with E-state index in [1.807, 2.05) is 21.1 Å². The van der Waals surface area contributed by atoms with E-state index in [0.717, 1.165) is 51.4 Å². The molecule has 8 heteroatoms. The summed E-state index contributed by atoms with van der Waals surface area (Å²) in [6.07, 6.45) is 51.5. The van der Waals surface area contributed by atoms with Gasteiger partial charge in [0.15, 0.2) is 12.1 Å². The maximum absolute atomic E-state index is 12.7. The number of unbranched alkanes of at least 4 members (excludes halogenated alkanes) is 24. The molecular weight excluding hydrogens is 751 g/mol. The highest BCUT2D eigenvalue weighted by atomic mass is 16.6. The second kappa shape index (κ2) is 43.0. The average molecular weight is 845 g/mol. The van der Waals surface area contributed by atoms with Crippen molar-refractivity contribution in [3.8, 4) is 0 Å². The molecule has 2 atom stereocenters. The lowest BCUT2D eigenvalue weighted by Gasteiger charge is -2.31. The topological polar surface area (TPSA) is 99.1 Å². The van der Waals surface area contributed by atoms with Crippen LogP contribution in [-0.4, -0.2) is 80.6 Å². The molecule has 0 heterocycles. The van der Waals surface area contributed by atoms with Gasteiger partial charge in [0, 0.05) is 19.3 Å². The molecule has 0 radical (unpaired) electrons. The summed E-state index contributed by atoms with van der Waals surface area (Å²) in [5, 5.41) is 9.64. The zero-order valence-corrected chi connectivity index (χ0v) is 39.7. The monoisotopic (exact) mass is 845 g/mol. The molecule has 0 aliphatic rings. The van der Waals surface area contributed by atoms with Gasteiger partial charge in [0.1, 0.15) is 6.61 Å². The molecule has 60 heavy (non-hydrogen) atoms. The molecule has 2 unspecified atom stereocenters. The number of ether oxygens (including phenoxy) is 3. The molecule has 0 bridgehead atoms. The second-order valence-electron chi connectivity index (χ2n) is 17.8. The van der Waals surface area contributed by atoms with E-state index in [-0.39, 0.29) is 36.2 Å². The van der Waals surface area contributed by atoms with E-state index in [1.165, 1.54) is 128 Å². The van der Waals surface area contributed by atoms with Crippen molar-refractivity contribution in [2.75, 3.05) is 41.0 Å². The van der Waals surface area contributed by atoms with Crippen LogP contribution >= 0.6 is 0 Å². The minimum absolute atomic E-state index is 0.0493. The van der Waals surface area contributed by atoms with Crippen molar-refractivity contribution < 1.29 is 38.2 Å². The fraction of sp³-hybridized carbons (Fsp3) is 0.788. The Bertz CT molecular complexity index is 1120. The number of likely N-dealkylation sites (N-methyl/N-ethyl adjacent to an activating group) is 1. The average Bonchev–Trinajstić information content (AvgIpc) is 3.21. The molecule has 0 aromatic rings. The summed E-state index contributed by atoms with van der Waals surface area (Å²) in [6.45, 7) is 4.69. The van der Waals surface area contributed by atoms with Gasteiger partial charge in [-0.05, 0) is 64.2 Å². The van der Waals surface area contributed by atoms with Gasteiger partial charge in [-0.1, -0.05) is 178 Å². The Labute approximate surface area is 369 Å². The molecule has 348 valence electrons. The Morgan fingerprint density at radius 2 is 0.867 bits per heavy atom. The van der Waals surface area contributed by atoms with Crippen LogP contribution in [-0.2, 0) is 28.6 Å². The summed E-state index contributed by atoms with van der Waals surface area (Å²) in [5.74, 6) is -1.50. The molecule has 0 aliphatic heterocycles. The van der Waals surface area contributed by atoms with E-state index in [1.54, 1.807) is 0 Å². The number of hydrogen-bond donors (Lipinski definition) is 1. The molecule has 0 aromatic carbocycles. The van der Waals surface area contributed by atoms with E-state index >= 15 is 0 Å². The third kappa shape index (κ3) is 40.7. The van der Waals surface area contributed by atoms with Crippen LogP contribution in [0.15, 0.2) is 48.6 Å². The van der Waals surface area contributed by atoms with Crippen LogP contribution in [0.3, 0.4) is 0 Å². The summed E-state index contributed by atoms with van der Waals surface area (Å²) in [4.78, 5) is 37.1. The predicted molar refractivity (Wildman–Crippen MR) is 252 cm³/mol. The number of carboxylic acids is 1. The van der Waals surface area contributed by atoms with Crippen LogP contribution in [0.1, 0.15) is 213 Å². The van der Waals surface area contributed by atoms with E-state index in [0.29, 0.717) is 19.3 Å². The Balaban J connectivity index is 4.31. The second-order valence-corrected chi connectivity index (χ2v) is 17.8. The quantitative estimate of drug-likeness (QED) is 0.0282. The summed E-state index contributed by atoms with van der Waals surface area (Å²) in [5.41, 5.74) is 0. The van der Waals surface area contributed by atoms with Crippen LogP contribution in [0.2, 0.25) is 0 Å². The van der Waals surface area contributed by atoms with Crippen LogP contribution in [0.25, 0.3) is 0 Å². The smallest absolute Gasteiger partial charge is 0.362 e. The molecule has 0 aliphatic carbocycles. The van der Waals surface area contributed by atoms with Gasteiger partial charge in [-0.25, -0.2) is 4.79 Å². The third-order valence-electron chi connectivity index (χ3n) is 11.0. The summed E-state index contributed by atoms with van der Waals surface area (Å²) >= 11 is 0. The predicted octanol–water partition coefficient (Wildman–Crippen LogP) is 14.0. The number of carbonyl (C=O) groups is 3. The first-order valence-corrected chi connectivity index (χ1v) is 24.7. The van der Waals surface area contributed by atoms with Crippen LogP contribution in [0, 0.1) is 0 Å². The minimum atomic E-state index is -0.879.